The smallest absolute Gasteiger partial charge is 0.293 e. The molecule has 0 aromatic heterocycles. The number of rotatable bonds is 1. The number of hydrogen-bond donors (Lipinski definition) is 2. The molecule has 0 aromatic rings. The fourth-order valence-corrected chi connectivity index (χ4v) is 0.937. The third-order valence-corrected chi connectivity index (χ3v) is 1.74. The Kier molecular flexibility index (Phi) is 1.45. The van der Waals surface area contributed by atoms with E-state index in [1.54, 1.807) is 0 Å². The summed E-state index contributed by atoms with van der Waals surface area (Å²) in [5, 5.41) is -1.31. The minimum absolute atomic E-state index is 0.136. The van der Waals surface area contributed by atoms with Crippen LogP contribution in [-0.4, -0.2) is 30.5 Å². The molecule has 0 radical (unpaired) electrons. The average Bonchev–Trinajstić information content (AvgIpc) is 2.11. The summed E-state index contributed by atoms with van der Waals surface area (Å²) < 4.78 is 28.9. The van der Waals surface area contributed by atoms with Gasteiger partial charge in [0.15, 0.2) is 0 Å². The molecule has 1 atom stereocenters. The molecule has 0 saturated heterocycles. The van der Waals surface area contributed by atoms with E-state index in [1.807, 2.05) is 0 Å². The Morgan fingerprint density at radius 2 is 2.30 bits per heavy atom. The van der Waals surface area contributed by atoms with Crippen molar-refractivity contribution in [2.45, 2.75) is 5.37 Å². The van der Waals surface area contributed by atoms with Crippen molar-refractivity contribution in [2.75, 3.05) is 0 Å². The summed E-state index contributed by atoms with van der Waals surface area (Å²) in [6, 6.07) is 0. The molecule has 1 heterocycles. The maximum atomic E-state index is 10.3. The first kappa shape index (κ1) is 7.16. The van der Waals surface area contributed by atoms with Crippen molar-refractivity contribution in [2.24, 2.45) is 15.7 Å². The summed E-state index contributed by atoms with van der Waals surface area (Å²) in [5.41, 5.74) is 5.00. The van der Waals surface area contributed by atoms with E-state index in [-0.39, 0.29) is 5.96 Å². The van der Waals surface area contributed by atoms with Gasteiger partial charge in [0.05, 0.1) is 6.21 Å². The van der Waals surface area contributed by atoms with Gasteiger partial charge in [-0.3, -0.25) is 4.55 Å². The maximum absolute atomic E-state index is 10.3. The van der Waals surface area contributed by atoms with Crippen molar-refractivity contribution < 1.29 is 13.0 Å². The Morgan fingerprint density at radius 1 is 1.70 bits per heavy atom. The zero-order valence-electron chi connectivity index (χ0n) is 4.80. The first-order valence-electron chi connectivity index (χ1n) is 2.34. The van der Waals surface area contributed by atoms with E-state index in [9.17, 15) is 8.42 Å². The molecule has 6 nitrogen and oxygen atoms in total. The van der Waals surface area contributed by atoms with Crippen molar-refractivity contribution in [3.8, 4) is 0 Å². The largest absolute Gasteiger partial charge is 0.368 e. The van der Waals surface area contributed by atoms with E-state index < -0.39 is 15.5 Å². The molecule has 10 heavy (non-hydrogen) atoms. The molecular formula is C3H5N3O3S. The van der Waals surface area contributed by atoms with Crippen LogP contribution < -0.4 is 5.73 Å². The van der Waals surface area contributed by atoms with Crippen LogP contribution >= 0.6 is 0 Å². The summed E-state index contributed by atoms with van der Waals surface area (Å²) in [6.07, 6.45) is 0.963. The number of nitrogens with two attached hydrogens (primary N) is 1. The van der Waals surface area contributed by atoms with E-state index in [0.717, 1.165) is 6.21 Å². The Bertz CT molecular complexity index is 290. The van der Waals surface area contributed by atoms with Crippen molar-refractivity contribution >= 4 is 22.3 Å². The second-order valence-electron chi connectivity index (χ2n) is 1.67. The first-order chi connectivity index (χ1) is 4.50. The molecule has 1 aliphatic rings. The lowest BCUT2D eigenvalue weighted by Gasteiger charge is -1.94. The zero-order valence-corrected chi connectivity index (χ0v) is 5.61. The van der Waals surface area contributed by atoms with Gasteiger partial charge in [-0.1, -0.05) is 0 Å². The van der Waals surface area contributed by atoms with Gasteiger partial charge >= 0.3 is 0 Å². The van der Waals surface area contributed by atoms with Gasteiger partial charge in [0.25, 0.3) is 10.1 Å². The highest BCUT2D eigenvalue weighted by Crippen LogP contribution is 2.02. The normalized spacial score (nSPS) is 24.9. The first-order valence-corrected chi connectivity index (χ1v) is 3.84. The number of nitrogens with zero attached hydrogens (tertiary/aromatic N) is 2. The summed E-state index contributed by atoms with van der Waals surface area (Å²) in [5.74, 6) is -0.136. The van der Waals surface area contributed by atoms with E-state index in [0.29, 0.717) is 0 Å². The Balaban J connectivity index is 2.93. The van der Waals surface area contributed by atoms with Crippen LogP contribution in [0.15, 0.2) is 9.98 Å². The highest BCUT2D eigenvalue weighted by Gasteiger charge is 2.23. The molecule has 0 fully saturated rings. The zero-order chi connectivity index (χ0) is 7.78. The molecule has 0 unspecified atom stereocenters. The fourth-order valence-electron chi connectivity index (χ4n) is 0.481. The van der Waals surface area contributed by atoms with Crippen LogP contribution in [0.3, 0.4) is 0 Å². The highest BCUT2D eigenvalue weighted by atomic mass is 32.2. The van der Waals surface area contributed by atoms with Gasteiger partial charge in [-0.2, -0.15) is 8.42 Å². The van der Waals surface area contributed by atoms with E-state index in [1.165, 1.54) is 0 Å². The van der Waals surface area contributed by atoms with Crippen LogP contribution in [-0.2, 0) is 10.1 Å². The molecule has 0 saturated carbocycles. The number of aliphatic imine (C=N–C) groups is 2. The van der Waals surface area contributed by atoms with E-state index in [4.69, 9.17) is 10.3 Å². The molecule has 0 spiro atoms. The molecule has 56 valence electrons. The van der Waals surface area contributed by atoms with Gasteiger partial charge in [-0.25, -0.2) is 9.98 Å². The van der Waals surface area contributed by atoms with Gasteiger partial charge < -0.3 is 5.73 Å². The van der Waals surface area contributed by atoms with E-state index >= 15 is 0 Å². The Labute approximate surface area is 57.2 Å². The van der Waals surface area contributed by atoms with Crippen molar-refractivity contribution in [3.05, 3.63) is 0 Å². The van der Waals surface area contributed by atoms with Crippen molar-refractivity contribution in [1.82, 2.24) is 0 Å². The lowest BCUT2D eigenvalue weighted by Crippen LogP contribution is -2.17. The Hall–Kier alpha value is -0.950. The molecule has 3 N–H and O–H groups in total. The van der Waals surface area contributed by atoms with E-state index in [2.05, 4.69) is 9.98 Å². The van der Waals surface area contributed by atoms with Crippen LogP contribution in [0.25, 0.3) is 0 Å². The van der Waals surface area contributed by atoms with Gasteiger partial charge in [-0.15, -0.1) is 0 Å². The second kappa shape index (κ2) is 2.03. The van der Waals surface area contributed by atoms with Gasteiger partial charge in [-0.05, 0) is 0 Å². The molecule has 0 aromatic carbocycles. The fraction of sp³-hybridized carbons (Fsp3) is 0.333. The quantitative estimate of drug-likeness (QED) is 0.463. The molecule has 7 heteroatoms. The second-order valence-corrected chi connectivity index (χ2v) is 3.18. The van der Waals surface area contributed by atoms with Crippen LogP contribution in [0.2, 0.25) is 0 Å². The predicted octanol–water partition coefficient (Wildman–Crippen LogP) is -1.40. The minimum Gasteiger partial charge on any atom is -0.368 e. The summed E-state index contributed by atoms with van der Waals surface area (Å²) in [6.45, 7) is 0. The van der Waals surface area contributed by atoms with Gasteiger partial charge in [0.1, 0.15) is 0 Å². The third kappa shape index (κ3) is 1.31. The summed E-state index contributed by atoms with van der Waals surface area (Å²) >= 11 is 0. The number of hydrogen-bond acceptors (Lipinski definition) is 5. The number of guanidine groups is 1. The monoisotopic (exact) mass is 163 g/mol. The van der Waals surface area contributed by atoms with Crippen molar-refractivity contribution in [1.29, 1.82) is 0 Å². The lowest BCUT2D eigenvalue weighted by molar-refractivity contribution is 0.479. The van der Waals surface area contributed by atoms with Gasteiger partial charge in [0.2, 0.25) is 11.3 Å². The topological polar surface area (TPSA) is 105 Å². The molecule has 0 bridgehead atoms. The highest BCUT2D eigenvalue weighted by molar-refractivity contribution is 7.87. The lowest BCUT2D eigenvalue weighted by atomic mass is 10.8. The SMILES string of the molecule is NC1=N[C@@H](S(=O)(=O)O)C=N1. The summed E-state index contributed by atoms with van der Waals surface area (Å²) in [4.78, 5) is 6.64. The minimum atomic E-state index is -4.15. The summed E-state index contributed by atoms with van der Waals surface area (Å²) in [7, 11) is -4.15. The van der Waals surface area contributed by atoms with Crippen LogP contribution in [0.1, 0.15) is 0 Å². The predicted molar refractivity (Wildman–Crippen MR) is 35.5 cm³/mol. The molecular weight excluding hydrogens is 158 g/mol. The van der Waals surface area contributed by atoms with Gasteiger partial charge in [0, 0.05) is 0 Å². The van der Waals surface area contributed by atoms with Crippen LogP contribution in [0, 0.1) is 0 Å². The maximum Gasteiger partial charge on any atom is 0.293 e. The van der Waals surface area contributed by atoms with Crippen molar-refractivity contribution in [3.63, 3.8) is 0 Å². The molecule has 0 aliphatic carbocycles. The third-order valence-electron chi connectivity index (χ3n) is 0.899. The standard InChI is InChI=1S/C3H5N3O3S/c4-3-5-1-2(6-3)10(7,8)9/h1-2H,(H2,4,6)(H,7,8,9)/t2-/m0/s1. The average molecular weight is 163 g/mol. The van der Waals surface area contributed by atoms with Crippen LogP contribution in [0.4, 0.5) is 0 Å². The molecule has 1 rings (SSSR count). The molecule has 1 aliphatic heterocycles. The van der Waals surface area contributed by atoms with Crippen LogP contribution in [0.5, 0.6) is 0 Å². The Morgan fingerprint density at radius 3 is 2.50 bits per heavy atom. The molecule has 0 amide bonds.